The molecule has 0 saturated carbocycles. The molecule has 1 aliphatic rings. The summed E-state index contributed by atoms with van der Waals surface area (Å²) in [5.74, 6) is 3.03. The van der Waals surface area contributed by atoms with E-state index in [1.165, 1.54) is 6.07 Å². The molecule has 0 aliphatic carbocycles. The summed E-state index contributed by atoms with van der Waals surface area (Å²) >= 11 is 1.81. The average molecular weight is 484 g/mol. The zero-order chi connectivity index (χ0) is 24.5. The number of imidazole rings is 1. The molecule has 0 radical (unpaired) electrons. The first kappa shape index (κ1) is 24.4. The molecular formula is C26H33N3O4S. The Bertz CT molecular complexity index is 1240. The van der Waals surface area contributed by atoms with Gasteiger partial charge in [-0.3, -0.25) is 9.59 Å². The van der Waals surface area contributed by atoms with Gasteiger partial charge in [-0.2, -0.15) is 11.8 Å². The van der Waals surface area contributed by atoms with Crippen molar-refractivity contribution >= 4 is 28.7 Å². The first-order valence-electron chi connectivity index (χ1n) is 11.8. The molecule has 34 heavy (non-hydrogen) atoms. The monoisotopic (exact) mass is 483 g/mol. The van der Waals surface area contributed by atoms with Crippen LogP contribution in [-0.2, 0) is 17.3 Å². The highest BCUT2D eigenvalue weighted by Crippen LogP contribution is 2.44. The van der Waals surface area contributed by atoms with Crippen LogP contribution >= 0.6 is 11.8 Å². The lowest BCUT2D eigenvalue weighted by molar-refractivity contribution is -0.123. The highest BCUT2D eigenvalue weighted by atomic mass is 32.2. The zero-order valence-corrected chi connectivity index (χ0v) is 21.1. The molecule has 0 spiro atoms. The Balaban J connectivity index is 1.65. The first-order valence-corrected chi connectivity index (χ1v) is 13.0. The molecule has 1 aliphatic heterocycles. The second kappa shape index (κ2) is 9.86. The molecule has 1 saturated heterocycles. The summed E-state index contributed by atoms with van der Waals surface area (Å²) in [5.41, 5.74) is 0.747. The van der Waals surface area contributed by atoms with E-state index in [-0.39, 0.29) is 29.9 Å². The molecule has 1 fully saturated rings. The normalized spacial score (nSPS) is 16.6. The molecule has 1 aromatic carbocycles. The number of aromatic hydroxyl groups is 1. The van der Waals surface area contributed by atoms with Crippen molar-refractivity contribution in [1.82, 2.24) is 14.9 Å². The molecule has 1 amide bonds. The average Bonchev–Trinajstić information content (AvgIpc) is 3.12. The quantitative estimate of drug-likeness (QED) is 0.510. The van der Waals surface area contributed by atoms with Crippen LogP contribution in [0.15, 0.2) is 39.5 Å². The molecule has 8 heteroatoms. The lowest BCUT2D eigenvalue weighted by Crippen LogP contribution is -2.40. The fourth-order valence-corrected chi connectivity index (χ4v) is 6.21. The summed E-state index contributed by atoms with van der Waals surface area (Å²) in [6.07, 6.45) is 2.21. The number of hydrogen-bond donors (Lipinski definition) is 2. The number of benzene rings is 1. The molecule has 4 rings (SSSR count). The summed E-state index contributed by atoms with van der Waals surface area (Å²) in [6, 6.07) is 8.98. The van der Waals surface area contributed by atoms with Gasteiger partial charge < -0.3 is 19.4 Å². The molecule has 3 aromatic rings. The van der Waals surface area contributed by atoms with Gasteiger partial charge >= 0.3 is 0 Å². The van der Waals surface area contributed by atoms with Gasteiger partial charge in [0.25, 0.3) is 0 Å². The van der Waals surface area contributed by atoms with Gasteiger partial charge in [0.1, 0.15) is 11.6 Å². The van der Waals surface area contributed by atoms with E-state index in [1.807, 2.05) is 47.6 Å². The Morgan fingerprint density at radius 1 is 1.29 bits per heavy atom. The smallest absolute Gasteiger partial charge is 0.227 e. The third-order valence-electron chi connectivity index (χ3n) is 6.65. The molecule has 1 unspecified atom stereocenters. The standard InChI is InChI=1S/C26H33N3O4S/c1-16(2)13-19(25-28-18-7-5-6-8-20(18)29(25)4)27-22(31)15-26(9-11-34-12-10-26)24-23(32)21(30)14-17(3)33-24/h5-8,14,16,19,32H,9-13,15H2,1-4H3,(H,27,31). The number of hydrogen-bond acceptors (Lipinski definition) is 6. The van der Waals surface area contributed by atoms with E-state index in [9.17, 15) is 14.7 Å². The fraction of sp³-hybridized carbons (Fsp3) is 0.500. The molecule has 7 nitrogen and oxygen atoms in total. The second-order valence-corrected chi connectivity index (χ2v) is 11.0. The summed E-state index contributed by atoms with van der Waals surface area (Å²) in [5, 5.41) is 13.8. The number of nitrogens with one attached hydrogen (secondary N) is 1. The van der Waals surface area contributed by atoms with Gasteiger partial charge in [-0.1, -0.05) is 26.0 Å². The van der Waals surface area contributed by atoms with Crippen LogP contribution < -0.4 is 10.7 Å². The number of fused-ring (bicyclic) bond motifs is 1. The van der Waals surface area contributed by atoms with Crippen LogP contribution in [-0.4, -0.2) is 32.1 Å². The third kappa shape index (κ3) is 4.87. The third-order valence-corrected chi connectivity index (χ3v) is 7.64. The van der Waals surface area contributed by atoms with E-state index in [2.05, 4.69) is 19.2 Å². The van der Waals surface area contributed by atoms with Gasteiger partial charge in [0.05, 0.1) is 17.1 Å². The predicted molar refractivity (Wildman–Crippen MR) is 135 cm³/mol. The van der Waals surface area contributed by atoms with E-state index >= 15 is 0 Å². The largest absolute Gasteiger partial charge is 0.502 e. The van der Waals surface area contributed by atoms with E-state index in [4.69, 9.17) is 9.40 Å². The maximum absolute atomic E-state index is 13.5. The number of thioether (sulfide) groups is 1. The number of nitrogens with zero attached hydrogens (tertiary/aromatic N) is 2. The van der Waals surface area contributed by atoms with Crippen molar-refractivity contribution in [3.05, 3.63) is 57.9 Å². The molecule has 0 bridgehead atoms. The van der Waals surface area contributed by atoms with Crippen LogP contribution in [0.3, 0.4) is 0 Å². The van der Waals surface area contributed by atoms with Gasteiger partial charge in [-0.25, -0.2) is 4.98 Å². The summed E-state index contributed by atoms with van der Waals surface area (Å²) < 4.78 is 7.93. The van der Waals surface area contributed by atoms with Crippen molar-refractivity contribution in [2.75, 3.05) is 11.5 Å². The van der Waals surface area contributed by atoms with Crippen LogP contribution in [0.1, 0.15) is 62.9 Å². The highest BCUT2D eigenvalue weighted by Gasteiger charge is 2.42. The minimum Gasteiger partial charge on any atom is -0.502 e. The molecule has 2 N–H and O–H groups in total. The number of para-hydroxylation sites is 2. The minimum absolute atomic E-state index is 0.131. The second-order valence-electron chi connectivity index (χ2n) is 9.74. The maximum Gasteiger partial charge on any atom is 0.227 e. The van der Waals surface area contributed by atoms with E-state index < -0.39 is 10.8 Å². The molecule has 1 atom stereocenters. The Morgan fingerprint density at radius 2 is 2.00 bits per heavy atom. The zero-order valence-electron chi connectivity index (χ0n) is 20.3. The summed E-state index contributed by atoms with van der Waals surface area (Å²) in [7, 11) is 1.98. The number of amides is 1. The van der Waals surface area contributed by atoms with Crippen LogP contribution in [0.5, 0.6) is 5.75 Å². The fourth-order valence-electron chi connectivity index (χ4n) is 4.94. The number of carbonyl (C=O) groups excluding carboxylic acids is 1. The van der Waals surface area contributed by atoms with Gasteiger partial charge in [0.15, 0.2) is 5.76 Å². The predicted octanol–water partition coefficient (Wildman–Crippen LogP) is 4.60. The molecule has 182 valence electrons. The van der Waals surface area contributed by atoms with Gasteiger partial charge in [0, 0.05) is 24.9 Å². The van der Waals surface area contributed by atoms with Crippen molar-refractivity contribution in [3.8, 4) is 5.75 Å². The Kier molecular flexibility index (Phi) is 7.07. The molecule has 2 aromatic heterocycles. The van der Waals surface area contributed by atoms with E-state index in [0.29, 0.717) is 24.5 Å². The number of carbonyl (C=O) groups is 1. The number of aromatic nitrogens is 2. The van der Waals surface area contributed by atoms with Crippen molar-refractivity contribution in [2.24, 2.45) is 13.0 Å². The van der Waals surface area contributed by atoms with Gasteiger partial charge in [0.2, 0.25) is 17.1 Å². The lowest BCUT2D eigenvalue weighted by atomic mass is 9.75. The van der Waals surface area contributed by atoms with Crippen LogP contribution in [0, 0.1) is 12.8 Å². The van der Waals surface area contributed by atoms with Gasteiger partial charge in [-0.05, 0) is 55.7 Å². The molecular weight excluding hydrogens is 450 g/mol. The number of aryl methyl sites for hydroxylation is 2. The maximum atomic E-state index is 13.5. The summed E-state index contributed by atoms with van der Waals surface area (Å²) in [4.78, 5) is 30.6. The highest BCUT2D eigenvalue weighted by molar-refractivity contribution is 7.99. The van der Waals surface area contributed by atoms with Gasteiger partial charge in [-0.15, -0.1) is 0 Å². The van der Waals surface area contributed by atoms with Crippen molar-refractivity contribution in [1.29, 1.82) is 0 Å². The van der Waals surface area contributed by atoms with Crippen molar-refractivity contribution in [3.63, 3.8) is 0 Å². The van der Waals surface area contributed by atoms with Crippen LogP contribution in [0.25, 0.3) is 11.0 Å². The Hall–Kier alpha value is -2.74. The van der Waals surface area contributed by atoms with Crippen LogP contribution in [0.4, 0.5) is 0 Å². The van der Waals surface area contributed by atoms with Crippen molar-refractivity contribution < 1.29 is 14.3 Å². The van der Waals surface area contributed by atoms with Crippen LogP contribution in [0.2, 0.25) is 0 Å². The number of rotatable bonds is 7. The van der Waals surface area contributed by atoms with Crippen molar-refractivity contribution in [2.45, 2.75) is 57.9 Å². The van der Waals surface area contributed by atoms with E-state index in [0.717, 1.165) is 34.8 Å². The SMILES string of the molecule is Cc1cc(=O)c(O)c(C2(CC(=O)NC(CC(C)C)c3nc4ccccc4n3C)CCSCC2)o1. The lowest BCUT2D eigenvalue weighted by Gasteiger charge is -2.36. The summed E-state index contributed by atoms with van der Waals surface area (Å²) in [6.45, 7) is 5.95. The Morgan fingerprint density at radius 3 is 2.68 bits per heavy atom. The topological polar surface area (TPSA) is 97.4 Å². The first-order chi connectivity index (χ1) is 16.2. The minimum atomic E-state index is -0.709. The van der Waals surface area contributed by atoms with E-state index in [1.54, 1.807) is 6.92 Å². The Labute approximate surface area is 204 Å². The molecule has 3 heterocycles.